The van der Waals surface area contributed by atoms with E-state index in [-0.39, 0.29) is 23.5 Å². The van der Waals surface area contributed by atoms with Crippen LogP contribution < -0.4 is 4.90 Å². The second-order valence-electron chi connectivity index (χ2n) is 8.00. The van der Waals surface area contributed by atoms with Gasteiger partial charge in [-0.05, 0) is 57.1 Å². The summed E-state index contributed by atoms with van der Waals surface area (Å²) in [6, 6.07) is 6.08. The molecule has 1 aromatic rings. The number of aromatic nitrogens is 1. The van der Waals surface area contributed by atoms with Gasteiger partial charge in [-0.1, -0.05) is 0 Å². The lowest BCUT2D eigenvalue weighted by atomic mass is 9.78. The Hall–Kier alpha value is -2.13. The average molecular weight is 354 g/mol. The Kier molecular flexibility index (Phi) is 4.58. The molecule has 1 amide bonds. The lowest BCUT2D eigenvalue weighted by molar-refractivity contribution is -0.139. The number of hydrogen-bond donors (Lipinski definition) is 1. The molecule has 0 bridgehead atoms. The van der Waals surface area contributed by atoms with Crippen molar-refractivity contribution in [3.63, 3.8) is 0 Å². The van der Waals surface area contributed by atoms with Gasteiger partial charge in [-0.25, -0.2) is 4.98 Å². The Balaban J connectivity index is 1.52. The minimum atomic E-state index is -0.335. The summed E-state index contributed by atoms with van der Waals surface area (Å²) < 4.78 is 0. The van der Waals surface area contributed by atoms with E-state index in [1.165, 1.54) is 0 Å². The van der Waals surface area contributed by atoms with Gasteiger partial charge in [-0.2, -0.15) is 5.26 Å². The summed E-state index contributed by atoms with van der Waals surface area (Å²) in [6.07, 6.45) is 7.69. The first-order valence-electron chi connectivity index (χ1n) is 9.72. The van der Waals surface area contributed by atoms with Crippen molar-refractivity contribution in [2.24, 2.45) is 5.41 Å². The predicted octanol–water partition coefficient (Wildman–Crippen LogP) is 2.08. The van der Waals surface area contributed by atoms with E-state index in [1.54, 1.807) is 18.3 Å². The molecule has 3 heterocycles. The van der Waals surface area contributed by atoms with E-state index in [0.29, 0.717) is 17.9 Å². The molecular weight excluding hydrogens is 328 g/mol. The molecule has 1 aliphatic carbocycles. The molecule has 1 spiro atoms. The van der Waals surface area contributed by atoms with Gasteiger partial charge in [0.15, 0.2) is 0 Å². The maximum atomic E-state index is 13.3. The Morgan fingerprint density at radius 3 is 2.81 bits per heavy atom. The number of nitrogens with zero attached hydrogens (tertiary/aromatic N) is 4. The largest absolute Gasteiger partial charge is 0.393 e. The summed E-state index contributed by atoms with van der Waals surface area (Å²) in [6.45, 7) is 2.32. The number of anilines is 1. The van der Waals surface area contributed by atoms with Crippen LogP contribution in [0.4, 0.5) is 5.82 Å². The van der Waals surface area contributed by atoms with Crippen molar-refractivity contribution in [2.75, 3.05) is 24.5 Å². The van der Waals surface area contributed by atoms with E-state index >= 15 is 0 Å². The third-order valence-electron chi connectivity index (χ3n) is 6.44. The van der Waals surface area contributed by atoms with Crippen LogP contribution in [0.3, 0.4) is 0 Å². The van der Waals surface area contributed by atoms with E-state index in [4.69, 9.17) is 0 Å². The predicted molar refractivity (Wildman–Crippen MR) is 97.4 cm³/mol. The molecule has 1 saturated carbocycles. The minimum absolute atomic E-state index is 0.198. The number of pyridine rings is 1. The summed E-state index contributed by atoms with van der Waals surface area (Å²) in [5, 5.41) is 19.1. The number of piperidine rings is 1. The first-order valence-corrected chi connectivity index (χ1v) is 9.72. The molecule has 6 heteroatoms. The molecule has 138 valence electrons. The van der Waals surface area contributed by atoms with Gasteiger partial charge in [0.1, 0.15) is 11.9 Å². The molecule has 4 rings (SSSR count). The quantitative estimate of drug-likeness (QED) is 0.879. The number of carbonyl (C=O) groups is 1. The normalized spacial score (nSPS) is 32.1. The molecule has 0 radical (unpaired) electrons. The van der Waals surface area contributed by atoms with Crippen molar-refractivity contribution < 1.29 is 9.90 Å². The van der Waals surface area contributed by atoms with Gasteiger partial charge in [-0.3, -0.25) is 4.79 Å². The molecule has 1 unspecified atom stereocenters. The second kappa shape index (κ2) is 6.88. The fraction of sp³-hybridized carbons (Fsp3) is 0.650. The topological polar surface area (TPSA) is 80.5 Å². The van der Waals surface area contributed by atoms with E-state index in [0.717, 1.165) is 58.0 Å². The van der Waals surface area contributed by atoms with Gasteiger partial charge in [0.05, 0.1) is 17.1 Å². The van der Waals surface area contributed by atoms with Gasteiger partial charge in [0.25, 0.3) is 0 Å². The average Bonchev–Trinajstić information content (AvgIpc) is 2.98. The first kappa shape index (κ1) is 17.3. The molecule has 0 aromatic carbocycles. The molecule has 26 heavy (non-hydrogen) atoms. The number of aliphatic hydroxyl groups excluding tert-OH is 1. The molecule has 3 fully saturated rings. The van der Waals surface area contributed by atoms with Crippen LogP contribution in [0.2, 0.25) is 0 Å². The molecule has 1 atom stereocenters. The number of likely N-dealkylation sites (tertiary alicyclic amines) is 1. The van der Waals surface area contributed by atoms with Crippen molar-refractivity contribution in [1.82, 2.24) is 9.88 Å². The third kappa shape index (κ3) is 2.95. The number of nitriles is 1. The number of amides is 1. The Labute approximate surface area is 154 Å². The zero-order valence-corrected chi connectivity index (χ0v) is 15.1. The Morgan fingerprint density at radius 1 is 1.23 bits per heavy atom. The van der Waals surface area contributed by atoms with Crippen LogP contribution in [0, 0.1) is 16.7 Å². The fourth-order valence-corrected chi connectivity index (χ4v) is 4.99. The van der Waals surface area contributed by atoms with Crippen LogP contribution in [0.15, 0.2) is 18.3 Å². The molecule has 6 nitrogen and oxygen atoms in total. The van der Waals surface area contributed by atoms with Gasteiger partial charge < -0.3 is 14.9 Å². The van der Waals surface area contributed by atoms with Crippen LogP contribution in [-0.2, 0) is 4.79 Å². The molecule has 3 aliphatic rings. The van der Waals surface area contributed by atoms with E-state index in [1.807, 2.05) is 0 Å². The number of carbonyl (C=O) groups excluding carboxylic acids is 1. The van der Waals surface area contributed by atoms with Gasteiger partial charge >= 0.3 is 0 Å². The summed E-state index contributed by atoms with van der Waals surface area (Å²) >= 11 is 0. The smallest absolute Gasteiger partial charge is 0.230 e. The maximum absolute atomic E-state index is 13.3. The molecular formula is C20H26N4O2. The number of hydrogen-bond acceptors (Lipinski definition) is 5. The Bertz CT molecular complexity index is 723. The lowest BCUT2D eigenvalue weighted by Crippen LogP contribution is -2.50. The fourth-order valence-electron chi connectivity index (χ4n) is 4.99. The number of rotatable bonds is 2. The molecule has 2 saturated heterocycles. The van der Waals surface area contributed by atoms with Crippen LogP contribution >= 0.6 is 0 Å². The highest BCUT2D eigenvalue weighted by Gasteiger charge is 2.50. The number of aliphatic hydroxyl groups is 1. The SMILES string of the molecule is N#Cc1cccnc1N1CCCC2(CCN(C3CCC(O)CC3)C2=O)C1. The molecule has 1 N–H and O–H groups in total. The van der Waals surface area contributed by atoms with Crippen molar-refractivity contribution in [3.05, 3.63) is 23.9 Å². The molecule has 2 aliphatic heterocycles. The summed E-state index contributed by atoms with van der Waals surface area (Å²) in [4.78, 5) is 22.0. The second-order valence-corrected chi connectivity index (χ2v) is 8.00. The first-order chi connectivity index (χ1) is 12.6. The highest BCUT2D eigenvalue weighted by molar-refractivity contribution is 5.86. The summed E-state index contributed by atoms with van der Waals surface area (Å²) in [5.41, 5.74) is 0.242. The van der Waals surface area contributed by atoms with Crippen molar-refractivity contribution >= 4 is 11.7 Å². The summed E-state index contributed by atoms with van der Waals surface area (Å²) in [7, 11) is 0. The van der Waals surface area contributed by atoms with Crippen molar-refractivity contribution in [3.8, 4) is 6.07 Å². The summed E-state index contributed by atoms with van der Waals surface area (Å²) in [5.74, 6) is 0.985. The van der Waals surface area contributed by atoms with E-state index in [9.17, 15) is 15.2 Å². The molecule has 1 aromatic heterocycles. The van der Waals surface area contributed by atoms with Crippen LogP contribution in [0.5, 0.6) is 0 Å². The Morgan fingerprint density at radius 2 is 2.04 bits per heavy atom. The minimum Gasteiger partial charge on any atom is -0.393 e. The third-order valence-corrected chi connectivity index (χ3v) is 6.44. The highest BCUT2D eigenvalue weighted by atomic mass is 16.3. The van der Waals surface area contributed by atoms with Crippen molar-refractivity contribution in [2.45, 2.75) is 57.1 Å². The van der Waals surface area contributed by atoms with E-state index < -0.39 is 0 Å². The van der Waals surface area contributed by atoms with Gasteiger partial charge in [-0.15, -0.1) is 0 Å². The van der Waals surface area contributed by atoms with Crippen molar-refractivity contribution in [1.29, 1.82) is 5.26 Å². The van der Waals surface area contributed by atoms with Gasteiger partial charge in [0.2, 0.25) is 5.91 Å². The van der Waals surface area contributed by atoms with Crippen LogP contribution in [0.25, 0.3) is 0 Å². The maximum Gasteiger partial charge on any atom is 0.230 e. The lowest BCUT2D eigenvalue weighted by Gasteiger charge is -2.41. The highest BCUT2D eigenvalue weighted by Crippen LogP contribution is 2.43. The zero-order valence-electron chi connectivity index (χ0n) is 15.1. The standard InChI is InChI=1S/C20H26N4O2/c21-13-15-3-1-10-22-18(15)23-11-2-8-20(14-23)9-12-24(19(20)26)16-4-6-17(25)7-5-16/h1,3,10,16-17,25H,2,4-9,11-12,14H2. The van der Waals surface area contributed by atoms with Crippen LogP contribution in [-0.4, -0.2) is 52.7 Å². The monoisotopic (exact) mass is 354 g/mol. The zero-order chi connectivity index (χ0) is 18.1. The van der Waals surface area contributed by atoms with Gasteiger partial charge in [0, 0.05) is 31.9 Å². The van der Waals surface area contributed by atoms with E-state index in [2.05, 4.69) is 20.9 Å². The van der Waals surface area contributed by atoms with Crippen LogP contribution in [0.1, 0.15) is 50.5 Å².